The van der Waals surface area contributed by atoms with Gasteiger partial charge in [0.25, 0.3) is 5.69 Å². The second kappa shape index (κ2) is 10.4. The number of nitrogens with zero attached hydrogens (tertiary/aromatic N) is 5. The molecule has 0 aliphatic rings. The standard InChI is InChI=1S/C25H20N6O5/c1-15(32)26-20-13-22(30-27-18-11-12-24(33)17-8-4-3-7-16(17)18)25(36-2)14-21(20)29-28-19-9-5-6-10-23(19)31(34)35/h3-14,33H,1-2H3,(H,26,32). The summed E-state index contributed by atoms with van der Waals surface area (Å²) in [6.45, 7) is 1.33. The average Bonchev–Trinajstić information content (AvgIpc) is 2.87. The van der Waals surface area contributed by atoms with Crippen molar-refractivity contribution < 1.29 is 19.6 Å². The average molecular weight is 484 g/mol. The van der Waals surface area contributed by atoms with E-state index in [1.807, 2.05) is 18.2 Å². The number of phenols is 1. The first-order valence-electron chi connectivity index (χ1n) is 10.6. The van der Waals surface area contributed by atoms with Crippen LogP contribution in [0.4, 0.5) is 34.1 Å². The van der Waals surface area contributed by atoms with Crippen LogP contribution in [-0.2, 0) is 4.79 Å². The summed E-state index contributed by atoms with van der Waals surface area (Å²) in [5, 5.41) is 42.1. The Labute approximate surface area is 204 Å². The van der Waals surface area contributed by atoms with E-state index in [-0.39, 0.29) is 40.2 Å². The number of amides is 1. The number of para-hydroxylation sites is 1. The predicted molar refractivity (Wildman–Crippen MR) is 134 cm³/mol. The van der Waals surface area contributed by atoms with Crippen LogP contribution in [0.2, 0.25) is 0 Å². The van der Waals surface area contributed by atoms with Crippen molar-refractivity contribution in [3.8, 4) is 11.5 Å². The Balaban J connectivity index is 1.76. The molecule has 0 unspecified atom stereocenters. The zero-order chi connectivity index (χ0) is 25.7. The number of methoxy groups -OCH3 is 1. The van der Waals surface area contributed by atoms with Crippen LogP contribution in [0.5, 0.6) is 11.5 Å². The molecule has 0 bridgehead atoms. The van der Waals surface area contributed by atoms with E-state index in [1.54, 1.807) is 18.2 Å². The smallest absolute Gasteiger partial charge is 0.296 e. The summed E-state index contributed by atoms with van der Waals surface area (Å²) < 4.78 is 5.44. The number of hydrogen-bond donors (Lipinski definition) is 2. The van der Waals surface area contributed by atoms with Gasteiger partial charge in [0.15, 0.2) is 5.69 Å². The molecule has 0 saturated heterocycles. The topological polar surface area (TPSA) is 151 Å². The number of aromatic hydroxyl groups is 1. The minimum Gasteiger partial charge on any atom is -0.507 e. The lowest BCUT2D eigenvalue weighted by Gasteiger charge is -2.10. The summed E-state index contributed by atoms with van der Waals surface area (Å²) in [6, 6.07) is 19.3. The molecular formula is C25H20N6O5. The van der Waals surface area contributed by atoms with Gasteiger partial charge in [-0.05, 0) is 24.3 Å². The molecule has 0 aliphatic heterocycles. The molecule has 0 aliphatic carbocycles. The van der Waals surface area contributed by atoms with Crippen molar-refractivity contribution in [2.75, 3.05) is 12.4 Å². The first-order chi connectivity index (χ1) is 17.4. The molecule has 0 radical (unpaired) electrons. The molecule has 0 saturated carbocycles. The number of nitro groups is 1. The number of carbonyl (C=O) groups excluding carboxylic acids is 1. The van der Waals surface area contributed by atoms with Gasteiger partial charge in [0.1, 0.15) is 22.9 Å². The number of anilines is 1. The normalized spacial score (nSPS) is 11.3. The summed E-state index contributed by atoms with van der Waals surface area (Å²) in [4.78, 5) is 22.5. The van der Waals surface area contributed by atoms with E-state index < -0.39 is 4.92 Å². The maximum absolute atomic E-state index is 11.8. The van der Waals surface area contributed by atoms with Crippen molar-refractivity contribution in [1.29, 1.82) is 0 Å². The summed E-state index contributed by atoms with van der Waals surface area (Å²) in [5.41, 5.74) is 1.12. The summed E-state index contributed by atoms with van der Waals surface area (Å²) in [5.74, 6) is 0.0469. The number of phenolic OH excluding ortho intramolecular Hbond substituents is 1. The summed E-state index contributed by atoms with van der Waals surface area (Å²) >= 11 is 0. The summed E-state index contributed by atoms with van der Waals surface area (Å²) in [7, 11) is 1.44. The van der Waals surface area contributed by atoms with E-state index in [2.05, 4.69) is 25.8 Å². The fourth-order valence-corrected chi connectivity index (χ4v) is 3.44. The molecule has 11 nitrogen and oxygen atoms in total. The lowest BCUT2D eigenvalue weighted by atomic mass is 10.1. The Bertz CT molecular complexity index is 1530. The molecule has 4 aromatic carbocycles. The van der Waals surface area contributed by atoms with Gasteiger partial charge < -0.3 is 15.2 Å². The van der Waals surface area contributed by atoms with Gasteiger partial charge in [0.2, 0.25) is 5.91 Å². The minimum absolute atomic E-state index is 0.0539. The second-order valence-corrected chi connectivity index (χ2v) is 7.52. The highest BCUT2D eigenvalue weighted by molar-refractivity contribution is 5.96. The highest BCUT2D eigenvalue weighted by Crippen LogP contribution is 2.41. The van der Waals surface area contributed by atoms with Crippen molar-refractivity contribution in [2.45, 2.75) is 6.92 Å². The first kappa shape index (κ1) is 24.0. The van der Waals surface area contributed by atoms with Crippen molar-refractivity contribution in [1.82, 2.24) is 0 Å². The Kier molecular flexibility index (Phi) is 6.91. The van der Waals surface area contributed by atoms with Crippen LogP contribution < -0.4 is 10.1 Å². The third-order valence-electron chi connectivity index (χ3n) is 5.10. The number of azo groups is 2. The maximum Gasteiger partial charge on any atom is 0.296 e. The van der Waals surface area contributed by atoms with Gasteiger partial charge in [-0.15, -0.1) is 20.5 Å². The lowest BCUT2D eigenvalue weighted by Crippen LogP contribution is -2.06. The van der Waals surface area contributed by atoms with Crippen LogP contribution in [-0.4, -0.2) is 23.0 Å². The Morgan fingerprint density at radius 1 is 0.861 bits per heavy atom. The first-order valence-corrected chi connectivity index (χ1v) is 10.6. The largest absolute Gasteiger partial charge is 0.507 e. The van der Waals surface area contributed by atoms with Crippen molar-refractivity contribution in [3.63, 3.8) is 0 Å². The molecule has 36 heavy (non-hydrogen) atoms. The Morgan fingerprint density at radius 2 is 1.50 bits per heavy atom. The SMILES string of the molecule is COc1cc(N=Nc2ccccc2[N+](=O)[O-])c(NC(C)=O)cc1N=Nc1ccc(O)c2ccccc12. The van der Waals surface area contributed by atoms with E-state index in [0.29, 0.717) is 22.1 Å². The molecule has 0 fully saturated rings. The van der Waals surface area contributed by atoms with E-state index >= 15 is 0 Å². The van der Waals surface area contributed by atoms with Crippen LogP contribution >= 0.6 is 0 Å². The van der Waals surface area contributed by atoms with Crippen LogP contribution in [0.25, 0.3) is 10.8 Å². The molecule has 11 heteroatoms. The van der Waals surface area contributed by atoms with Gasteiger partial charge in [-0.3, -0.25) is 14.9 Å². The number of benzene rings is 4. The van der Waals surface area contributed by atoms with Crippen molar-refractivity contribution in [2.24, 2.45) is 20.5 Å². The Morgan fingerprint density at radius 3 is 2.22 bits per heavy atom. The van der Waals surface area contributed by atoms with Gasteiger partial charge in [0, 0.05) is 29.8 Å². The number of ether oxygens (including phenoxy) is 1. The minimum atomic E-state index is -0.555. The molecule has 0 atom stereocenters. The highest BCUT2D eigenvalue weighted by atomic mass is 16.6. The van der Waals surface area contributed by atoms with E-state index in [9.17, 15) is 20.0 Å². The van der Waals surface area contributed by atoms with Crippen LogP contribution in [0.1, 0.15) is 6.92 Å². The van der Waals surface area contributed by atoms with E-state index in [4.69, 9.17) is 4.74 Å². The monoisotopic (exact) mass is 484 g/mol. The predicted octanol–water partition coefficient (Wildman–Crippen LogP) is 7.25. The van der Waals surface area contributed by atoms with Gasteiger partial charge in [-0.2, -0.15) is 0 Å². The molecule has 0 spiro atoms. The number of rotatable bonds is 7. The van der Waals surface area contributed by atoms with Crippen LogP contribution in [0, 0.1) is 10.1 Å². The maximum atomic E-state index is 11.8. The molecule has 4 aromatic rings. The molecule has 0 heterocycles. The van der Waals surface area contributed by atoms with Crippen molar-refractivity contribution in [3.05, 3.63) is 82.9 Å². The number of fused-ring (bicyclic) bond motifs is 1. The number of carbonyl (C=O) groups is 1. The third-order valence-corrected chi connectivity index (χ3v) is 5.10. The van der Waals surface area contributed by atoms with Gasteiger partial charge in [-0.1, -0.05) is 36.4 Å². The lowest BCUT2D eigenvalue weighted by molar-refractivity contribution is -0.384. The third kappa shape index (κ3) is 5.14. The van der Waals surface area contributed by atoms with Crippen LogP contribution in [0.15, 0.2) is 93.3 Å². The van der Waals surface area contributed by atoms with E-state index in [1.165, 1.54) is 50.4 Å². The van der Waals surface area contributed by atoms with Gasteiger partial charge >= 0.3 is 0 Å². The molecule has 2 N–H and O–H groups in total. The van der Waals surface area contributed by atoms with Crippen LogP contribution in [0.3, 0.4) is 0 Å². The number of nitrogens with one attached hydrogen (secondary N) is 1. The molecule has 0 aromatic heterocycles. The highest BCUT2D eigenvalue weighted by Gasteiger charge is 2.15. The number of nitro benzene ring substituents is 1. The molecular weight excluding hydrogens is 464 g/mol. The Hall–Kier alpha value is -5.19. The zero-order valence-electron chi connectivity index (χ0n) is 19.2. The second-order valence-electron chi connectivity index (χ2n) is 7.52. The van der Waals surface area contributed by atoms with Crippen molar-refractivity contribution >= 4 is 50.8 Å². The quantitative estimate of drug-likeness (QED) is 0.161. The fraction of sp³-hybridized carbons (Fsp3) is 0.0800. The molecule has 1 amide bonds. The van der Waals surface area contributed by atoms with Gasteiger partial charge in [0.05, 0.1) is 23.4 Å². The van der Waals surface area contributed by atoms with E-state index in [0.717, 1.165) is 0 Å². The summed E-state index contributed by atoms with van der Waals surface area (Å²) in [6.07, 6.45) is 0. The number of hydrogen-bond acceptors (Lipinski definition) is 9. The fourth-order valence-electron chi connectivity index (χ4n) is 3.44. The van der Waals surface area contributed by atoms with Gasteiger partial charge in [-0.25, -0.2) is 0 Å². The molecule has 180 valence electrons. The molecule has 4 rings (SSSR count). The zero-order valence-corrected chi connectivity index (χ0v) is 19.2.